The van der Waals surface area contributed by atoms with Crippen molar-refractivity contribution in [3.8, 4) is 5.75 Å². The molecule has 0 saturated carbocycles. The fraction of sp³-hybridized carbons (Fsp3) is 0.650. The highest BCUT2D eigenvalue weighted by Gasteiger charge is 2.22. The number of urea groups is 1. The van der Waals surface area contributed by atoms with E-state index in [9.17, 15) is 4.79 Å². The number of benzene rings is 1. The van der Waals surface area contributed by atoms with E-state index in [4.69, 9.17) is 4.74 Å². The van der Waals surface area contributed by atoms with Gasteiger partial charge in [0.05, 0.1) is 12.6 Å². The molecule has 2 aliphatic rings. The lowest BCUT2D eigenvalue weighted by atomic mass is 10.0. The topological polar surface area (TPSA) is 53.6 Å². The molecule has 2 N–H and O–H groups in total. The van der Waals surface area contributed by atoms with Gasteiger partial charge in [0.25, 0.3) is 0 Å². The van der Waals surface area contributed by atoms with Gasteiger partial charge in [0.15, 0.2) is 0 Å². The molecule has 0 unspecified atom stereocenters. The van der Waals surface area contributed by atoms with Crippen molar-refractivity contribution in [1.82, 2.24) is 15.5 Å². The van der Waals surface area contributed by atoms with Gasteiger partial charge in [-0.15, -0.1) is 0 Å². The zero-order valence-electron chi connectivity index (χ0n) is 15.3. The van der Waals surface area contributed by atoms with Crippen LogP contribution < -0.4 is 15.4 Å². The standard InChI is InChI=1S/C20H31N3O2/c1-16-7-6-13-23(15-16)12-5-4-11-21-20(24)22-18-10-14-25-19-9-3-2-8-17(18)19/h2-3,8-9,16,18H,4-7,10-15H2,1H3,(H2,21,22,24)/t16-,18+/m1/s1. The number of amides is 2. The van der Waals surface area contributed by atoms with Crippen LogP contribution in [0.1, 0.15) is 50.6 Å². The van der Waals surface area contributed by atoms with Crippen molar-refractivity contribution in [2.45, 2.75) is 45.1 Å². The van der Waals surface area contributed by atoms with E-state index >= 15 is 0 Å². The van der Waals surface area contributed by atoms with Crippen LogP contribution in [0.25, 0.3) is 0 Å². The van der Waals surface area contributed by atoms with Gasteiger partial charge in [-0.05, 0) is 50.8 Å². The number of unbranched alkanes of at least 4 members (excludes halogenated alkanes) is 1. The van der Waals surface area contributed by atoms with Gasteiger partial charge in [0.2, 0.25) is 0 Å². The Labute approximate surface area is 151 Å². The molecule has 3 rings (SSSR count). The third kappa shape index (κ3) is 5.36. The summed E-state index contributed by atoms with van der Waals surface area (Å²) in [5.41, 5.74) is 1.07. The number of fused-ring (bicyclic) bond motifs is 1. The largest absolute Gasteiger partial charge is 0.493 e. The summed E-state index contributed by atoms with van der Waals surface area (Å²) < 4.78 is 5.64. The minimum absolute atomic E-state index is 0.0415. The maximum Gasteiger partial charge on any atom is 0.315 e. The molecule has 2 atom stereocenters. The number of carbonyl (C=O) groups excluding carboxylic acids is 1. The number of para-hydroxylation sites is 1. The molecule has 2 amide bonds. The maximum absolute atomic E-state index is 12.2. The first-order valence-electron chi connectivity index (χ1n) is 9.71. The summed E-state index contributed by atoms with van der Waals surface area (Å²) in [6.45, 7) is 7.35. The zero-order chi connectivity index (χ0) is 17.5. The van der Waals surface area contributed by atoms with Crippen LogP contribution in [0.2, 0.25) is 0 Å². The second-order valence-electron chi connectivity index (χ2n) is 7.38. The van der Waals surface area contributed by atoms with E-state index in [0.717, 1.165) is 49.6 Å². The maximum atomic E-state index is 12.2. The number of nitrogens with one attached hydrogen (secondary N) is 2. The molecule has 0 radical (unpaired) electrons. The summed E-state index contributed by atoms with van der Waals surface area (Å²) >= 11 is 0. The Bertz CT molecular complexity index is 564. The van der Waals surface area contributed by atoms with Crippen molar-refractivity contribution < 1.29 is 9.53 Å². The highest BCUT2D eigenvalue weighted by molar-refractivity contribution is 5.74. The minimum atomic E-state index is -0.0757. The summed E-state index contributed by atoms with van der Waals surface area (Å²) in [6.07, 6.45) is 5.69. The lowest BCUT2D eigenvalue weighted by molar-refractivity contribution is 0.181. The molecule has 25 heavy (non-hydrogen) atoms. The lowest BCUT2D eigenvalue weighted by Crippen LogP contribution is -2.40. The van der Waals surface area contributed by atoms with Gasteiger partial charge < -0.3 is 20.3 Å². The van der Waals surface area contributed by atoms with E-state index in [1.54, 1.807) is 0 Å². The molecular formula is C20H31N3O2. The number of likely N-dealkylation sites (tertiary alicyclic amines) is 1. The Morgan fingerprint density at radius 1 is 1.28 bits per heavy atom. The molecule has 1 aromatic carbocycles. The van der Waals surface area contributed by atoms with E-state index in [1.165, 1.54) is 25.9 Å². The number of piperidine rings is 1. The van der Waals surface area contributed by atoms with Crippen molar-refractivity contribution in [2.24, 2.45) is 5.92 Å². The molecule has 1 saturated heterocycles. The van der Waals surface area contributed by atoms with Crippen molar-refractivity contribution in [3.05, 3.63) is 29.8 Å². The predicted molar refractivity (Wildman–Crippen MR) is 99.9 cm³/mol. The Kier molecular flexibility index (Phi) is 6.56. The van der Waals surface area contributed by atoms with Gasteiger partial charge in [0, 0.05) is 25.1 Å². The SMILES string of the molecule is C[C@@H]1CCCN(CCCCNC(=O)N[C@H]2CCOc3ccccc32)C1. The smallest absolute Gasteiger partial charge is 0.315 e. The van der Waals surface area contributed by atoms with Crippen LogP contribution in [0.3, 0.4) is 0 Å². The molecule has 2 aliphatic heterocycles. The Morgan fingerprint density at radius 2 is 2.16 bits per heavy atom. The molecule has 0 bridgehead atoms. The van der Waals surface area contributed by atoms with E-state index in [-0.39, 0.29) is 12.1 Å². The van der Waals surface area contributed by atoms with Crippen molar-refractivity contribution in [3.63, 3.8) is 0 Å². The molecule has 5 nitrogen and oxygen atoms in total. The summed E-state index contributed by atoms with van der Waals surface area (Å²) in [7, 11) is 0. The molecule has 1 aromatic rings. The Hall–Kier alpha value is -1.75. The second-order valence-corrected chi connectivity index (χ2v) is 7.38. The van der Waals surface area contributed by atoms with E-state index in [1.807, 2.05) is 24.3 Å². The van der Waals surface area contributed by atoms with Crippen LogP contribution >= 0.6 is 0 Å². The third-order valence-electron chi connectivity index (χ3n) is 5.19. The number of hydrogen-bond donors (Lipinski definition) is 2. The average Bonchev–Trinajstić information content (AvgIpc) is 2.62. The fourth-order valence-corrected chi connectivity index (χ4v) is 3.85. The number of nitrogens with zero attached hydrogens (tertiary/aromatic N) is 1. The molecule has 138 valence electrons. The first-order valence-corrected chi connectivity index (χ1v) is 9.71. The summed E-state index contributed by atoms with van der Waals surface area (Å²) in [4.78, 5) is 14.7. The second kappa shape index (κ2) is 9.09. The highest BCUT2D eigenvalue weighted by Crippen LogP contribution is 2.31. The monoisotopic (exact) mass is 345 g/mol. The summed E-state index contributed by atoms with van der Waals surface area (Å²) in [6, 6.07) is 7.90. The van der Waals surface area contributed by atoms with Crippen molar-refractivity contribution in [1.29, 1.82) is 0 Å². The quantitative estimate of drug-likeness (QED) is 0.778. The normalized spacial score (nSPS) is 23.4. The number of rotatable bonds is 6. The van der Waals surface area contributed by atoms with Crippen molar-refractivity contribution >= 4 is 6.03 Å². The number of hydrogen-bond acceptors (Lipinski definition) is 3. The highest BCUT2D eigenvalue weighted by atomic mass is 16.5. The van der Waals surface area contributed by atoms with Gasteiger partial charge >= 0.3 is 6.03 Å². The summed E-state index contributed by atoms with van der Waals surface area (Å²) in [5, 5.41) is 6.08. The van der Waals surface area contributed by atoms with Crippen molar-refractivity contribution in [2.75, 3.05) is 32.8 Å². The van der Waals surface area contributed by atoms with Crippen LogP contribution in [-0.4, -0.2) is 43.7 Å². The third-order valence-corrected chi connectivity index (χ3v) is 5.19. The predicted octanol–water partition coefficient (Wildman–Crippen LogP) is 3.32. The molecule has 0 aromatic heterocycles. The van der Waals surface area contributed by atoms with Crippen LogP contribution in [-0.2, 0) is 0 Å². The van der Waals surface area contributed by atoms with Gasteiger partial charge in [0.1, 0.15) is 5.75 Å². The summed E-state index contributed by atoms with van der Waals surface area (Å²) in [5.74, 6) is 1.72. The van der Waals surface area contributed by atoms with Crippen LogP contribution in [0.15, 0.2) is 24.3 Å². The van der Waals surface area contributed by atoms with Gasteiger partial charge in [-0.25, -0.2) is 4.79 Å². The first-order chi connectivity index (χ1) is 12.2. The number of ether oxygens (including phenoxy) is 1. The zero-order valence-corrected chi connectivity index (χ0v) is 15.3. The van der Waals surface area contributed by atoms with E-state index in [2.05, 4.69) is 22.5 Å². The van der Waals surface area contributed by atoms with E-state index < -0.39 is 0 Å². The number of carbonyl (C=O) groups is 1. The molecule has 0 aliphatic carbocycles. The molecule has 5 heteroatoms. The van der Waals surface area contributed by atoms with Gasteiger partial charge in [-0.2, -0.15) is 0 Å². The van der Waals surface area contributed by atoms with Gasteiger partial charge in [-0.1, -0.05) is 25.1 Å². The minimum Gasteiger partial charge on any atom is -0.493 e. The molecule has 2 heterocycles. The average molecular weight is 345 g/mol. The Morgan fingerprint density at radius 3 is 3.04 bits per heavy atom. The molecule has 0 spiro atoms. The Balaban J connectivity index is 1.32. The van der Waals surface area contributed by atoms with Crippen LogP contribution in [0.4, 0.5) is 4.79 Å². The van der Waals surface area contributed by atoms with Gasteiger partial charge in [-0.3, -0.25) is 0 Å². The van der Waals surface area contributed by atoms with Crippen LogP contribution in [0, 0.1) is 5.92 Å². The molecule has 1 fully saturated rings. The first kappa shape index (κ1) is 18.1. The van der Waals surface area contributed by atoms with Crippen LogP contribution in [0.5, 0.6) is 5.75 Å². The fourth-order valence-electron chi connectivity index (χ4n) is 3.85. The lowest BCUT2D eigenvalue weighted by Gasteiger charge is -2.30. The van der Waals surface area contributed by atoms with E-state index in [0.29, 0.717) is 6.61 Å². The molecular weight excluding hydrogens is 314 g/mol.